The summed E-state index contributed by atoms with van der Waals surface area (Å²) in [5.74, 6) is 0.837. The SMILES string of the molecule is CCc1nc(C(=O)OC)c(N)n1-c1nc(C)cc(OC)n1. The second kappa shape index (κ2) is 5.78. The molecule has 2 N–H and O–H groups in total. The molecule has 0 amide bonds. The summed E-state index contributed by atoms with van der Waals surface area (Å²) in [5.41, 5.74) is 6.78. The van der Waals surface area contributed by atoms with Crippen molar-refractivity contribution in [1.29, 1.82) is 0 Å². The third kappa shape index (κ3) is 2.64. The molecule has 0 aliphatic rings. The topological polar surface area (TPSA) is 105 Å². The minimum Gasteiger partial charge on any atom is -0.481 e. The van der Waals surface area contributed by atoms with Crippen LogP contribution in [0, 0.1) is 6.92 Å². The molecule has 0 aromatic carbocycles. The van der Waals surface area contributed by atoms with Gasteiger partial charge in [0.2, 0.25) is 11.8 Å². The molecule has 0 radical (unpaired) electrons. The normalized spacial score (nSPS) is 10.5. The molecule has 0 aliphatic heterocycles. The Balaban J connectivity index is 2.65. The third-order valence-electron chi connectivity index (χ3n) is 2.91. The van der Waals surface area contributed by atoms with Crippen LogP contribution in [-0.2, 0) is 11.2 Å². The van der Waals surface area contributed by atoms with E-state index in [0.29, 0.717) is 29.8 Å². The molecule has 0 bridgehead atoms. The molecule has 0 saturated heterocycles. The highest BCUT2D eigenvalue weighted by Gasteiger charge is 2.23. The standard InChI is InChI=1S/C13H17N5O3/c1-5-8-16-10(12(19)21-4)11(14)18(8)13-15-7(2)6-9(17-13)20-3/h6H,5,14H2,1-4H3. The molecular formula is C13H17N5O3. The molecule has 0 fully saturated rings. The molecule has 112 valence electrons. The van der Waals surface area contributed by atoms with E-state index in [4.69, 9.17) is 10.5 Å². The maximum absolute atomic E-state index is 11.7. The third-order valence-corrected chi connectivity index (χ3v) is 2.91. The lowest BCUT2D eigenvalue weighted by molar-refractivity contribution is 0.0596. The summed E-state index contributed by atoms with van der Waals surface area (Å²) >= 11 is 0. The van der Waals surface area contributed by atoms with E-state index >= 15 is 0 Å². The van der Waals surface area contributed by atoms with E-state index in [1.807, 2.05) is 13.8 Å². The Kier molecular flexibility index (Phi) is 4.06. The number of imidazole rings is 1. The van der Waals surface area contributed by atoms with E-state index in [-0.39, 0.29) is 11.5 Å². The summed E-state index contributed by atoms with van der Waals surface area (Å²) in [5, 5.41) is 0. The van der Waals surface area contributed by atoms with Crippen molar-refractivity contribution in [2.24, 2.45) is 0 Å². The van der Waals surface area contributed by atoms with Gasteiger partial charge in [0.1, 0.15) is 11.6 Å². The van der Waals surface area contributed by atoms with Gasteiger partial charge in [-0.25, -0.2) is 19.3 Å². The van der Waals surface area contributed by atoms with Crippen molar-refractivity contribution in [3.8, 4) is 11.8 Å². The van der Waals surface area contributed by atoms with Crippen molar-refractivity contribution >= 4 is 11.8 Å². The number of esters is 1. The summed E-state index contributed by atoms with van der Waals surface area (Å²) in [4.78, 5) is 24.5. The number of aromatic nitrogens is 4. The molecular weight excluding hydrogens is 274 g/mol. The molecule has 2 rings (SSSR count). The number of methoxy groups -OCH3 is 2. The van der Waals surface area contributed by atoms with Gasteiger partial charge in [-0.3, -0.25) is 0 Å². The number of ether oxygens (including phenoxy) is 2. The van der Waals surface area contributed by atoms with Crippen molar-refractivity contribution < 1.29 is 14.3 Å². The van der Waals surface area contributed by atoms with Crippen LogP contribution in [0.2, 0.25) is 0 Å². The Bertz CT molecular complexity index is 681. The van der Waals surface area contributed by atoms with Crippen molar-refractivity contribution in [1.82, 2.24) is 19.5 Å². The van der Waals surface area contributed by atoms with Crippen LogP contribution in [0.4, 0.5) is 5.82 Å². The van der Waals surface area contributed by atoms with Crippen LogP contribution < -0.4 is 10.5 Å². The lowest BCUT2D eigenvalue weighted by Gasteiger charge is -2.09. The smallest absolute Gasteiger partial charge is 0.360 e. The lowest BCUT2D eigenvalue weighted by atomic mass is 10.4. The summed E-state index contributed by atoms with van der Waals surface area (Å²) < 4.78 is 11.3. The van der Waals surface area contributed by atoms with Gasteiger partial charge >= 0.3 is 5.97 Å². The Morgan fingerprint density at radius 1 is 1.33 bits per heavy atom. The number of nitrogens with two attached hydrogens (primary N) is 1. The molecule has 0 saturated carbocycles. The van der Waals surface area contributed by atoms with Crippen molar-refractivity contribution in [3.05, 3.63) is 23.3 Å². The first kappa shape index (κ1) is 14.8. The molecule has 2 aromatic rings. The zero-order chi connectivity index (χ0) is 15.6. The number of carbonyl (C=O) groups excluding carboxylic acids is 1. The first-order valence-corrected chi connectivity index (χ1v) is 6.37. The summed E-state index contributed by atoms with van der Waals surface area (Å²) in [6.45, 7) is 3.71. The van der Waals surface area contributed by atoms with E-state index in [2.05, 4.69) is 19.7 Å². The number of hydrogen-bond donors (Lipinski definition) is 1. The van der Waals surface area contributed by atoms with E-state index in [0.717, 1.165) is 0 Å². The first-order chi connectivity index (χ1) is 10.0. The number of anilines is 1. The van der Waals surface area contributed by atoms with Crippen LogP contribution in [-0.4, -0.2) is 39.7 Å². The lowest BCUT2D eigenvalue weighted by Crippen LogP contribution is -2.11. The van der Waals surface area contributed by atoms with Crippen LogP contribution in [0.1, 0.15) is 28.9 Å². The molecule has 0 atom stereocenters. The molecule has 0 spiro atoms. The summed E-state index contributed by atoms with van der Waals surface area (Å²) in [6.07, 6.45) is 0.556. The van der Waals surface area contributed by atoms with Crippen molar-refractivity contribution in [3.63, 3.8) is 0 Å². The van der Waals surface area contributed by atoms with Gasteiger partial charge in [0.05, 0.1) is 14.2 Å². The van der Waals surface area contributed by atoms with E-state index < -0.39 is 5.97 Å². The highest BCUT2D eigenvalue weighted by Crippen LogP contribution is 2.21. The Morgan fingerprint density at radius 3 is 2.62 bits per heavy atom. The van der Waals surface area contributed by atoms with Crippen molar-refractivity contribution in [2.75, 3.05) is 20.0 Å². The number of rotatable bonds is 4. The second-order valence-electron chi connectivity index (χ2n) is 4.29. The van der Waals surface area contributed by atoms with Crippen LogP contribution in [0.3, 0.4) is 0 Å². The van der Waals surface area contributed by atoms with Crippen LogP contribution in [0.15, 0.2) is 6.07 Å². The molecule has 21 heavy (non-hydrogen) atoms. The monoisotopic (exact) mass is 291 g/mol. The van der Waals surface area contributed by atoms with Gasteiger partial charge in [-0.15, -0.1) is 0 Å². The number of aryl methyl sites for hydroxylation is 2. The highest BCUT2D eigenvalue weighted by molar-refractivity contribution is 5.92. The average Bonchev–Trinajstić information content (AvgIpc) is 2.82. The van der Waals surface area contributed by atoms with Crippen LogP contribution in [0.25, 0.3) is 5.95 Å². The minimum absolute atomic E-state index is 0.0541. The average molecular weight is 291 g/mol. The fourth-order valence-electron chi connectivity index (χ4n) is 1.92. The zero-order valence-electron chi connectivity index (χ0n) is 12.4. The number of carbonyl (C=O) groups is 1. The molecule has 8 heteroatoms. The summed E-state index contributed by atoms with van der Waals surface area (Å²) in [7, 11) is 2.79. The maximum atomic E-state index is 11.7. The fraction of sp³-hybridized carbons (Fsp3) is 0.385. The number of hydrogen-bond acceptors (Lipinski definition) is 7. The van der Waals surface area contributed by atoms with Gasteiger partial charge in [0, 0.05) is 18.2 Å². The van der Waals surface area contributed by atoms with E-state index in [1.54, 1.807) is 6.07 Å². The predicted octanol–water partition coefficient (Wildman–Crippen LogP) is 0.911. The molecule has 2 aromatic heterocycles. The Labute approximate surface area is 121 Å². The Morgan fingerprint density at radius 2 is 2.05 bits per heavy atom. The zero-order valence-corrected chi connectivity index (χ0v) is 12.4. The fourth-order valence-corrected chi connectivity index (χ4v) is 1.92. The first-order valence-electron chi connectivity index (χ1n) is 6.37. The van der Waals surface area contributed by atoms with E-state index in [1.165, 1.54) is 18.8 Å². The number of nitrogens with zero attached hydrogens (tertiary/aromatic N) is 4. The molecule has 0 unspecified atom stereocenters. The maximum Gasteiger partial charge on any atom is 0.360 e. The van der Waals surface area contributed by atoms with Crippen LogP contribution in [0.5, 0.6) is 5.88 Å². The van der Waals surface area contributed by atoms with Gasteiger partial charge < -0.3 is 15.2 Å². The quantitative estimate of drug-likeness (QED) is 0.834. The van der Waals surface area contributed by atoms with Gasteiger partial charge in [0.25, 0.3) is 0 Å². The second-order valence-corrected chi connectivity index (χ2v) is 4.29. The largest absolute Gasteiger partial charge is 0.481 e. The van der Waals surface area contributed by atoms with Gasteiger partial charge in [0.15, 0.2) is 5.69 Å². The Hall–Kier alpha value is -2.64. The van der Waals surface area contributed by atoms with E-state index in [9.17, 15) is 4.79 Å². The van der Waals surface area contributed by atoms with Crippen LogP contribution >= 0.6 is 0 Å². The van der Waals surface area contributed by atoms with Crippen molar-refractivity contribution in [2.45, 2.75) is 20.3 Å². The number of nitrogen functional groups attached to an aromatic ring is 1. The minimum atomic E-state index is -0.597. The highest BCUT2D eigenvalue weighted by atomic mass is 16.5. The van der Waals surface area contributed by atoms with Gasteiger partial charge in [-0.05, 0) is 6.92 Å². The molecule has 2 heterocycles. The summed E-state index contributed by atoms with van der Waals surface area (Å²) in [6, 6.07) is 1.70. The van der Waals surface area contributed by atoms with Gasteiger partial charge in [-0.1, -0.05) is 6.92 Å². The predicted molar refractivity (Wildman–Crippen MR) is 75.6 cm³/mol. The molecule has 8 nitrogen and oxygen atoms in total. The van der Waals surface area contributed by atoms with Gasteiger partial charge in [-0.2, -0.15) is 4.98 Å². The molecule has 0 aliphatic carbocycles.